The van der Waals surface area contributed by atoms with Gasteiger partial charge in [0, 0.05) is 6.54 Å². The highest BCUT2D eigenvalue weighted by atomic mass is 32.2. The van der Waals surface area contributed by atoms with E-state index in [2.05, 4.69) is 10.0 Å². The van der Waals surface area contributed by atoms with E-state index in [1.165, 1.54) is 12.1 Å². The summed E-state index contributed by atoms with van der Waals surface area (Å²) in [4.78, 5) is 24.0. The van der Waals surface area contributed by atoms with E-state index in [1.54, 1.807) is 32.9 Å². The molecule has 0 bridgehead atoms. The summed E-state index contributed by atoms with van der Waals surface area (Å²) in [6.45, 7) is 5.25. The summed E-state index contributed by atoms with van der Waals surface area (Å²) in [5.41, 5.74) is -0.692. The van der Waals surface area contributed by atoms with Gasteiger partial charge in [0.2, 0.25) is 10.0 Å². The van der Waals surface area contributed by atoms with Crippen LogP contribution < -0.4 is 10.0 Å². The van der Waals surface area contributed by atoms with E-state index in [0.717, 1.165) is 0 Å². The van der Waals surface area contributed by atoms with Crippen molar-refractivity contribution in [2.24, 2.45) is 5.41 Å². The van der Waals surface area contributed by atoms with Gasteiger partial charge in [-0.3, -0.25) is 14.3 Å². The van der Waals surface area contributed by atoms with Crippen LogP contribution >= 0.6 is 0 Å². The summed E-state index contributed by atoms with van der Waals surface area (Å²) in [6.07, 6.45) is 1.21. The van der Waals surface area contributed by atoms with Crippen molar-refractivity contribution in [3.05, 3.63) is 29.8 Å². The lowest BCUT2D eigenvalue weighted by atomic mass is 9.82. The lowest BCUT2D eigenvalue weighted by Crippen LogP contribution is -2.42. The van der Waals surface area contributed by atoms with Crippen LogP contribution in [0.15, 0.2) is 24.3 Å². The van der Waals surface area contributed by atoms with Gasteiger partial charge in [0.05, 0.1) is 22.4 Å². The number of amides is 1. The van der Waals surface area contributed by atoms with Gasteiger partial charge in [-0.25, -0.2) is 8.42 Å². The molecular formula is C17H26N2O5S. The third-order valence-corrected chi connectivity index (χ3v) is 5.78. The van der Waals surface area contributed by atoms with E-state index in [-0.39, 0.29) is 23.5 Å². The molecule has 1 amide bonds. The molecular weight excluding hydrogens is 344 g/mol. The van der Waals surface area contributed by atoms with E-state index in [4.69, 9.17) is 0 Å². The summed E-state index contributed by atoms with van der Waals surface area (Å²) in [6, 6.07) is 6.25. The Labute approximate surface area is 148 Å². The monoisotopic (exact) mass is 370 g/mol. The predicted molar refractivity (Wildman–Crippen MR) is 97.1 cm³/mol. The molecule has 25 heavy (non-hydrogen) atoms. The number of aliphatic carboxylic acids is 1. The van der Waals surface area contributed by atoms with Gasteiger partial charge >= 0.3 is 5.97 Å². The number of anilines is 1. The minimum atomic E-state index is -3.53. The first-order valence-corrected chi connectivity index (χ1v) is 9.97. The molecule has 0 spiro atoms. The Morgan fingerprint density at radius 3 is 2.24 bits per heavy atom. The molecule has 140 valence electrons. The molecule has 8 heteroatoms. The second-order valence-corrected chi connectivity index (χ2v) is 7.78. The van der Waals surface area contributed by atoms with E-state index in [1.807, 2.05) is 0 Å². The Hall–Kier alpha value is -2.09. The second-order valence-electron chi connectivity index (χ2n) is 5.94. The number of hydrogen-bond donors (Lipinski definition) is 3. The van der Waals surface area contributed by atoms with Gasteiger partial charge in [0.25, 0.3) is 5.91 Å². The van der Waals surface area contributed by atoms with E-state index < -0.39 is 27.3 Å². The maximum atomic E-state index is 12.5. The van der Waals surface area contributed by atoms with Gasteiger partial charge in [-0.05, 0) is 31.4 Å². The molecule has 0 saturated carbocycles. The quantitative estimate of drug-likeness (QED) is 0.585. The number of benzene rings is 1. The highest BCUT2D eigenvalue weighted by molar-refractivity contribution is 7.92. The third kappa shape index (κ3) is 5.45. The standard InChI is InChI=1S/C17H26N2O5S/c1-4-11-25(23,24)19-14-10-8-7-9-13(14)15(20)18-12-17(5-2,6-3)16(21)22/h7-10,19H,4-6,11-12H2,1-3H3,(H,18,20)(H,21,22). The average Bonchev–Trinajstić information content (AvgIpc) is 2.55. The SMILES string of the molecule is CCCS(=O)(=O)Nc1ccccc1C(=O)NCC(CC)(CC)C(=O)O. The van der Waals surface area contributed by atoms with Crippen molar-refractivity contribution in [3.63, 3.8) is 0 Å². The fourth-order valence-electron chi connectivity index (χ4n) is 2.48. The molecule has 0 aliphatic rings. The van der Waals surface area contributed by atoms with Crippen LogP contribution in [0.4, 0.5) is 5.69 Å². The zero-order chi connectivity index (χ0) is 19.1. The molecule has 1 rings (SSSR count). The first kappa shape index (κ1) is 21.0. The number of carboxylic acid groups (broad SMARTS) is 1. The van der Waals surface area contributed by atoms with Crippen molar-refractivity contribution in [2.75, 3.05) is 17.0 Å². The molecule has 0 atom stereocenters. The van der Waals surface area contributed by atoms with Gasteiger partial charge in [0.1, 0.15) is 0 Å². The first-order valence-electron chi connectivity index (χ1n) is 8.32. The zero-order valence-electron chi connectivity index (χ0n) is 14.8. The molecule has 0 aliphatic carbocycles. The van der Waals surface area contributed by atoms with E-state index in [9.17, 15) is 23.1 Å². The predicted octanol–water partition coefficient (Wildman–Crippen LogP) is 2.46. The summed E-state index contributed by atoms with van der Waals surface area (Å²) in [7, 11) is -3.53. The van der Waals surface area contributed by atoms with Crippen LogP contribution in [-0.4, -0.2) is 37.7 Å². The van der Waals surface area contributed by atoms with Crippen molar-refractivity contribution >= 4 is 27.6 Å². The topological polar surface area (TPSA) is 113 Å². The van der Waals surface area contributed by atoms with Crippen LogP contribution in [0.2, 0.25) is 0 Å². The number of nitrogens with one attached hydrogen (secondary N) is 2. The minimum absolute atomic E-state index is 0.0236. The number of para-hydroxylation sites is 1. The minimum Gasteiger partial charge on any atom is -0.481 e. The fourth-order valence-corrected chi connectivity index (χ4v) is 3.63. The summed E-state index contributed by atoms with van der Waals surface area (Å²) >= 11 is 0. The Kier molecular flexibility index (Phi) is 7.41. The zero-order valence-corrected chi connectivity index (χ0v) is 15.6. The largest absolute Gasteiger partial charge is 0.481 e. The molecule has 0 unspecified atom stereocenters. The number of carbonyl (C=O) groups excluding carboxylic acids is 1. The molecule has 0 aliphatic heterocycles. The maximum absolute atomic E-state index is 12.5. The molecule has 3 N–H and O–H groups in total. The van der Waals surface area contributed by atoms with Crippen LogP contribution in [0.3, 0.4) is 0 Å². The molecule has 0 radical (unpaired) electrons. The van der Waals surface area contributed by atoms with Crippen molar-refractivity contribution < 1.29 is 23.1 Å². The number of carboxylic acids is 1. The van der Waals surface area contributed by atoms with Crippen molar-refractivity contribution in [1.82, 2.24) is 5.32 Å². The van der Waals surface area contributed by atoms with Crippen molar-refractivity contribution in [1.29, 1.82) is 0 Å². The lowest BCUT2D eigenvalue weighted by Gasteiger charge is -2.27. The Morgan fingerprint density at radius 2 is 1.72 bits per heavy atom. The number of hydrogen-bond acceptors (Lipinski definition) is 4. The van der Waals surface area contributed by atoms with Gasteiger partial charge < -0.3 is 10.4 Å². The van der Waals surface area contributed by atoms with E-state index in [0.29, 0.717) is 19.3 Å². The average molecular weight is 370 g/mol. The van der Waals surface area contributed by atoms with Gasteiger partial charge in [-0.2, -0.15) is 0 Å². The highest BCUT2D eigenvalue weighted by Crippen LogP contribution is 2.26. The normalized spacial score (nSPS) is 11.8. The Balaban J connectivity index is 2.98. The fraction of sp³-hybridized carbons (Fsp3) is 0.529. The number of sulfonamides is 1. The summed E-state index contributed by atoms with van der Waals surface area (Å²) in [5, 5.41) is 12.1. The number of rotatable bonds is 10. The third-order valence-electron chi connectivity index (χ3n) is 4.30. The molecule has 1 aromatic carbocycles. The van der Waals surface area contributed by atoms with Crippen LogP contribution in [0, 0.1) is 5.41 Å². The van der Waals surface area contributed by atoms with Crippen LogP contribution in [0.25, 0.3) is 0 Å². The smallest absolute Gasteiger partial charge is 0.311 e. The molecule has 0 fully saturated rings. The van der Waals surface area contributed by atoms with Crippen LogP contribution in [0.5, 0.6) is 0 Å². The lowest BCUT2D eigenvalue weighted by molar-refractivity contribution is -0.149. The van der Waals surface area contributed by atoms with Crippen LogP contribution in [-0.2, 0) is 14.8 Å². The molecule has 7 nitrogen and oxygen atoms in total. The summed E-state index contributed by atoms with van der Waals surface area (Å²) in [5.74, 6) is -1.52. The van der Waals surface area contributed by atoms with Gasteiger partial charge in [-0.1, -0.05) is 32.9 Å². The molecule has 0 aromatic heterocycles. The van der Waals surface area contributed by atoms with Crippen molar-refractivity contribution in [2.45, 2.75) is 40.0 Å². The van der Waals surface area contributed by atoms with Gasteiger partial charge in [-0.15, -0.1) is 0 Å². The second kappa shape index (κ2) is 8.84. The first-order chi connectivity index (χ1) is 11.7. The van der Waals surface area contributed by atoms with Crippen molar-refractivity contribution in [3.8, 4) is 0 Å². The number of carbonyl (C=O) groups is 2. The Bertz CT molecular complexity index is 712. The Morgan fingerprint density at radius 1 is 1.12 bits per heavy atom. The van der Waals surface area contributed by atoms with Gasteiger partial charge in [0.15, 0.2) is 0 Å². The molecule has 1 aromatic rings. The van der Waals surface area contributed by atoms with Crippen LogP contribution in [0.1, 0.15) is 50.4 Å². The molecule has 0 heterocycles. The van der Waals surface area contributed by atoms with E-state index >= 15 is 0 Å². The highest BCUT2D eigenvalue weighted by Gasteiger charge is 2.35. The summed E-state index contributed by atoms with van der Waals surface area (Å²) < 4.78 is 26.3. The molecule has 0 saturated heterocycles. The maximum Gasteiger partial charge on any atom is 0.311 e.